The summed E-state index contributed by atoms with van der Waals surface area (Å²) in [6.45, 7) is 11.0. The van der Waals surface area contributed by atoms with Crippen molar-refractivity contribution in [2.24, 2.45) is 0 Å². The van der Waals surface area contributed by atoms with Gasteiger partial charge in [0.1, 0.15) is 0 Å². The fourth-order valence-electron chi connectivity index (χ4n) is 4.39. The van der Waals surface area contributed by atoms with Gasteiger partial charge in [0.05, 0.1) is 17.1 Å². The molecule has 2 heterocycles. The number of hydrogen-bond donors (Lipinski definition) is 1. The summed E-state index contributed by atoms with van der Waals surface area (Å²) in [4.78, 5) is 11.1. The minimum absolute atomic E-state index is 1.06. The normalized spacial score (nSPS) is 11.4. The first-order chi connectivity index (χ1) is 13.7. The zero-order chi connectivity index (χ0) is 19.7. The van der Waals surface area contributed by atoms with E-state index in [9.17, 15) is 0 Å². The van der Waals surface area contributed by atoms with E-state index in [-0.39, 0.29) is 0 Å². The van der Waals surface area contributed by atoms with Crippen LogP contribution in [0, 0.1) is 13.8 Å². The van der Waals surface area contributed by atoms with Crippen molar-refractivity contribution >= 4 is 27.4 Å². The van der Waals surface area contributed by atoms with Crippen molar-refractivity contribution in [3.05, 3.63) is 59.9 Å². The number of rotatable bonds is 6. The predicted molar refractivity (Wildman–Crippen MR) is 121 cm³/mol. The van der Waals surface area contributed by atoms with Crippen LogP contribution in [0.1, 0.15) is 37.9 Å². The van der Waals surface area contributed by atoms with Crippen LogP contribution in [-0.4, -0.2) is 23.1 Å². The summed E-state index contributed by atoms with van der Waals surface area (Å²) in [7, 11) is 0. The monoisotopic (exact) mass is 371 g/mol. The Bertz CT molecular complexity index is 1120. The number of nitrogens with one attached hydrogen (secondary N) is 1. The van der Waals surface area contributed by atoms with Crippen molar-refractivity contribution in [2.75, 3.05) is 18.0 Å². The van der Waals surface area contributed by atoms with Crippen molar-refractivity contribution in [1.29, 1.82) is 0 Å². The second-order valence-electron chi connectivity index (χ2n) is 7.62. The average molecular weight is 372 g/mol. The lowest BCUT2D eigenvalue weighted by Gasteiger charge is -2.27. The number of aromatic nitrogens is 2. The number of benzene rings is 2. The molecule has 4 rings (SSSR count). The Balaban J connectivity index is 2.04. The average Bonchev–Trinajstić information content (AvgIpc) is 3.16. The van der Waals surface area contributed by atoms with Gasteiger partial charge in [0.2, 0.25) is 0 Å². The van der Waals surface area contributed by atoms with E-state index in [2.05, 4.69) is 80.0 Å². The molecule has 0 fully saturated rings. The highest BCUT2D eigenvalue weighted by Crippen LogP contribution is 2.39. The first kappa shape index (κ1) is 18.5. The second-order valence-corrected chi connectivity index (χ2v) is 7.62. The first-order valence-electron chi connectivity index (χ1n) is 10.4. The quantitative estimate of drug-likeness (QED) is 0.413. The maximum atomic E-state index is 5.19. The molecule has 144 valence electrons. The van der Waals surface area contributed by atoms with Crippen molar-refractivity contribution < 1.29 is 0 Å². The summed E-state index contributed by atoms with van der Waals surface area (Å²) in [5, 5.41) is 3.78. The lowest BCUT2D eigenvalue weighted by molar-refractivity contribution is 0.743. The van der Waals surface area contributed by atoms with E-state index < -0.39 is 0 Å². The topological polar surface area (TPSA) is 31.9 Å². The van der Waals surface area contributed by atoms with Gasteiger partial charge in [-0.25, -0.2) is 0 Å². The van der Waals surface area contributed by atoms with E-state index >= 15 is 0 Å². The molecule has 0 bridgehead atoms. The molecule has 1 N–H and O–H groups in total. The van der Waals surface area contributed by atoms with Crippen LogP contribution >= 0.6 is 0 Å². The molecule has 0 unspecified atom stereocenters. The minimum atomic E-state index is 1.06. The molecule has 2 aromatic carbocycles. The number of aromatic amines is 1. The van der Waals surface area contributed by atoms with Gasteiger partial charge in [0, 0.05) is 46.5 Å². The van der Waals surface area contributed by atoms with E-state index in [1.807, 2.05) is 6.20 Å². The SMILES string of the molecule is CCCN(CCC)c1c(C)nc(-c2c(C)ccc3[nH]ccc23)c2ccccc12. The number of pyridine rings is 1. The third-order valence-electron chi connectivity index (χ3n) is 5.54. The Hall–Kier alpha value is -2.81. The molecule has 0 aliphatic rings. The summed E-state index contributed by atoms with van der Waals surface area (Å²) in [5.41, 5.74) is 7.15. The van der Waals surface area contributed by atoms with E-state index in [1.165, 1.54) is 33.0 Å². The van der Waals surface area contributed by atoms with E-state index in [0.717, 1.165) is 42.8 Å². The van der Waals surface area contributed by atoms with Crippen LogP contribution < -0.4 is 4.90 Å². The summed E-state index contributed by atoms with van der Waals surface area (Å²) >= 11 is 0. The third kappa shape index (κ3) is 3.05. The maximum Gasteiger partial charge on any atom is 0.0794 e. The molecule has 2 aromatic heterocycles. The van der Waals surface area contributed by atoms with Gasteiger partial charge in [-0.15, -0.1) is 0 Å². The van der Waals surface area contributed by atoms with Crippen LogP contribution in [-0.2, 0) is 0 Å². The van der Waals surface area contributed by atoms with Crippen LogP contribution in [0.4, 0.5) is 5.69 Å². The molecule has 28 heavy (non-hydrogen) atoms. The molecule has 0 aliphatic carbocycles. The number of H-pyrrole nitrogens is 1. The number of anilines is 1. The standard InChI is InChI=1S/C25H29N3/c1-5-15-28(16-6-2)25-18(4)27-24(19-9-7-8-10-20(19)25)23-17(3)11-12-22-21(23)13-14-26-22/h7-14,26H,5-6,15-16H2,1-4H3. The highest BCUT2D eigenvalue weighted by Gasteiger charge is 2.19. The molecule has 3 nitrogen and oxygen atoms in total. The second kappa shape index (κ2) is 7.67. The maximum absolute atomic E-state index is 5.19. The van der Waals surface area contributed by atoms with Crippen LogP contribution in [0.5, 0.6) is 0 Å². The predicted octanol–water partition coefficient (Wildman–Crippen LogP) is 6.63. The van der Waals surface area contributed by atoms with Crippen molar-refractivity contribution in [1.82, 2.24) is 9.97 Å². The van der Waals surface area contributed by atoms with Crippen molar-refractivity contribution in [2.45, 2.75) is 40.5 Å². The highest BCUT2D eigenvalue weighted by molar-refractivity contribution is 6.08. The summed E-state index contributed by atoms with van der Waals surface area (Å²) < 4.78 is 0. The van der Waals surface area contributed by atoms with Gasteiger partial charge in [-0.3, -0.25) is 4.98 Å². The number of fused-ring (bicyclic) bond motifs is 2. The largest absolute Gasteiger partial charge is 0.370 e. The molecule has 3 heteroatoms. The summed E-state index contributed by atoms with van der Waals surface area (Å²) in [6, 6.07) is 15.3. The van der Waals surface area contributed by atoms with Crippen LogP contribution in [0.15, 0.2) is 48.7 Å². The molecular formula is C25H29N3. The zero-order valence-corrected chi connectivity index (χ0v) is 17.3. The summed E-state index contributed by atoms with van der Waals surface area (Å²) in [6.07, 6.45) is 4.29. The fraction of sp³-hybridized carbons (Fsp3) is 0.320. The van der Waals surface area contributed by atoms with E-state index in [1.54, 1.807) is 0 Å². The zero-order valence-electron chi connectivity index (χ0n) is 17.3. The molecule has 4 aromatic rings. The molecule has 0 amide bonds. The van der Waals surface area contributed by atoms with Gasteiger partial charge in [0.15, 0.2) is 0 Å². The number of aryl methyl sites for hydroxylation is 2. The molecule has 0 radical (unpaired) electrons. The van der Waals surface area contributed by atoms with Crippen LogP contribution in [0.3, 0.4) is 0 Å². The van der Waals surface area contributed by atoms with Crippen molar-refractivity contribution in [3.8, 4) is 11.3 Å². The van der Waals surface area contributed by atoms with Gasteiger partial charge in [0.25, 0.3) is 0 Å². The summed E-state index contributed by atoms with van der Waals surface area (Å²) in [5.74, 6) is 0. The van der Waals surface area contributed by atoms with Crippen LogP contribution in [0.2, 0.25) is 0 Å². The molecule has 0 saturated carbocycles. The van der Waals surface area contributed by atoms with Crippen LogP contribution in [0.25, 0.3) is 32.9 Å². The van der Waals surface area contributed by atoms with E-state index in [0.29, 0.717) is 0 Å². The lowest BCUT2D eigenvalue weighted by Crippen LogP contribution is -2.26. The van der Waals surface area contributed by atoms with Gasteiger partial charge in [-0.2, -0.15) is 0 Å². The van der Waals surface area contributed by atoms with Gasteiger partial charge in [-0.1, -0.05) is 44.2 Å². The molecular weight excluding hydrogens is 342 g/mol. The number of hydrogen-bond acceptors (Lipinski definition) is 2. The van der Waals surface area contributed by atoms with Gasteiger partial charge >= 0.3 is 0 Å². The Morgan fingerprint density at radius 3 is 2.29 bits per heavy atom. The molecule has 0 saturated heterocycles. The Morgan fingerprint density at radius 2 is 1.57 bits per heavy atom. The third-order valence-corrected chi connectivity index (χ3v) is 5.54. The first-order valence-corrected chi connectivity index (χ1v) is 10.4. The Labute approximate surface area is 167 Å². The fourth-order valence-corrected chi connectivity index (χ4v) is 4.39. The smallest absolute Gasteiger partial charge is 0.0794 e. The molecule has 0 spiro atoms. The molecule has 0 atom stereocenters. The van der Waals surface area contributed by atoms with Crippen molar-refractivity contribution in [3.63, 3.8) is 0 Å². The lowest BCUT2D eigenvalue weighted by atomic mass is 9.95. The number of nitrogens with zero attached hydrogens (tertiary/aromatic N) is 2. The van der Waals surface area contributed by atoms with E-state index in [4.69, 9.17) is 4.98 Å². The molecule has 0 aliphatic heterocycles. The van der Waals surface area contributed by atoms with Gasteiger partial charge in [-0.05, 0) is 44.4 Å². The Morgan fingerprint density at radius 1 is 0.857 bits per heavy atom. The highest BCUT2D eigenvalue weighted by atomic mass is 15.1. The van der Waals surface area contributed by atoms with Gasteiger partial charge < -0.3 is 9.88 Å². The minimum Gasteiger partial charge on any atom is -0.370 e. The Kier molecular flexibility index (Phi) is 5.08.